The van der Waals surface area contributed by atoms with Crippen LogP contribution in [0.1, 0.15) is 5.56 Å². The summed E-state index contributed by atoms with van der Waals surface area (Å²) >= 11 is 0. The highest BCUT2D eigenvalue weighted by atomic mass is 32.2. The van der Waals surface area contributed by atoms with Gasteiger partial charge >= 0.3 is 0 Å². The summed E-state index contributed by atoms with van der Waals surface area (Å²) in [4.78, 5) is 1.99. The molecule has 0 spiro atoms. The van der Waals surface area contributed by atoms with Gasteiger partial charge in [-0.25, -0.2) is 9.22 Å². The van der Waals surface area contributed by atoms with Gasteiger partial charge in [0.25, 0.3) is 10.0 Å². The summed E-state index contributed by atoms with van der Waals surface area (Å²) in [5.74, 6) is 0.0636. The minimum absolute atomic E-state index is 0.0684. The average Bonchev–Trinajstić information content (AvgIpc) is 2.48. The number of ether oxygens (including phenoxy) is 1. The maximum absolute atomic E-state index is 12.8. The summed E-state index contributed by atoms with van der Waals surface area (Å²) in [6.07, 6.45) is 1.33. The van der Waals surface area contributed by atoms with Gasteiger partial charge in [-0.2, -0.15) is 13.5 Å². The van der Waals surface area contributed by atoms with Gasteiger partial charge in [0.2, 0.25) is 0 Å². The average molecular weight is 308 g/mol. The van der Waals surface area contributed by atoms with E-state index in [0.717, 1.165) is 24.3 Å². The number of para-hydroxylation sites is 1. The van der Waals surface area contributed by atoms with Crippen molar-refractivity contribution < 1.29 is 17.5 Å². The number of hydrazone groups is 1. The normalized spacial score (nSPS) is 11.5. The number of sulfonamides is 1. The van der Waals surface area contributed by atoms with Crippen molar-refractivity contribution in [1.82, 2.24) is 4.83 Å². The predicted molar refractivity (Wildman–Crippen MR) is 77.3 cm³/mol. The Hall–Kier alpha value is -2.41. The molecule has 0 saturated carbocycles. The molecule has 1 N–H and O–H groups in total. The lowest BCUT2D eigenvalue weighted by Crippen LogP contribution is -2.18. The molecule has 0 aliphatic rings. The number of benzene rings is 2. The highest BCUT2D eigenvalue weighted by Crippen LogP contribution is 2.15. The molecule has 0 radical (unpaired) electrons. The van der Waals surface area contributed by atoms with Crippen molar-refractivity contribution in [3.8, 4) is 5.75 Å². The Kier molecular flexibility index (Phi) is 4.54. The van der Waals surface area contributed by atoms with Crippen LogP contribution in [0.15, 0.2) is 58.5 Å². The summed E-state index contributed by atoms with van der Waals surface area (Å²) in [5.41, 5.74) is 0.627. The first-order chi connectivity index (χ1) is 10.0. The molecular formula is C14H13FN2O3S. The lowest BCUT2D eigenvalue weighted by molar-refractivity contribution is 0.414. The molecule has 2 aromatic rings. The molecule has 0 aliphatic heterocycles. The van der Waals surface area contributed by atoms with Gasteiger partial charge < -0.3 is 4.74 Å². The predicted octanol–water partition coefficient (Wildman–Crippen LogP) is 2.15. The zero-order chi connectivity index (χ0) is 15.3. The molecule has 0 bridgehead atoms. The van der Waals surface area contributed by atoms with Crippen LogP contribution >= 0.6 is 0 Å². The van der Waals surface area contributed by atoms with E-state index in [1.807, 2.05) is 0 Å². The van der Waals surface area contributed by atoms with Crippen molar-refractivity contribution in [3.63, 3.8) is 0 Å². The van der Waals surface area contributed by atoms with Crippen LogP contribution in [0.25, 0.3) is 0 Å². The summed E-state index contributed by atoms with van der Waals surface area (Å²) in [7, 11) is -2.31. The Morgan fingerprint density at radius 1 is 1.14 bits per heavy atom. The van der Waals surface area contributed by atoms with Crippen LogP contribution in [0.3, 0.4) is 0 Å². The quantitative estimate of drug-likeness (QED) is 0.680. The molecule has 0 heterocycles. The van der Waals surface area contributed by atoms with Gasteiger partial charge in [-0.1, -0.05) is 12.1 Å². The first-order valence-electron chi connectivity index (χ1n) is 5.96. The monoisotopic (exact) mass is 308 g/mol. The van der Waals surface area contributed by atoms with E-state index in [4.69, 9.17) is 4.74 Å². The first-order valence-corrected chi connectivity index (χ1v) is 7.45. The van der Waals surface area contributed by atoms with E-state index in [2.05, 4.69) is 9.93 Å². The van der Waals surface area contributed by atoms with Crippen LogP contribution in [0, 0.1) is 5.82 Å². The third-order valence-corrected chi connectivity index (χ3v) is 3.88. The highest BCUT2D eigenvalue weighted by molar-refractivity contribution is 7.89. The smallest absolute Gasteiger partial charge is 0.276 e. The Morgan fingerprint density at radius 3 is 2.48 bits per heavy atom. The second kappa shape index (κ2) is 6.36. The maximum Gasteiger partial charge on any atom is 0.276 e. The number of nitrogens with one attached hydrogen (secondary N) is 1. The van der Waals surface area contributed by atoms with Crippen molar-refractivity contribution in [1.29, 1.82) is 0 Å². The number of halogens is 1. The molecule has 0 atom stereocenters. The second-order valence-electron chi connectivity index (χ2n) is 4.05. The second-order valence-corrected chi connectivity index (χ2v) is 5.71. The third kappa shape index (κ3) is 3.79. The topological polar surface area (TPSA) is 67.8 Å². The van der Waals surface area contributed by atoms with Gasteiger partial charge in [-0.3, -0.25) is 0 Å². The van der Waals surface area contributed by atoms with E-state index in [9.17, 15) is 12.8 Å². The summed E-state index contributed by atoms with van der Waals surface area (Å²) < 4.78 is 41.7. The molecule has 5 nitrogen and oxygen atoms in total. The van der Waals surface area contributed by atoms with Crippen molar-refractivity contribution in [2.75, 3.05) is 7.11 Å². The lowest BCUT2D eigenvalue weighted by Gasteiger charge is -2.04. The van der Waals surface area contributed by atoms with Crippen LogP contribution in [0.2, 0.25) is 0 Å². The highest BCUT2D eigenvalue weighted by Gasteiger charge is 2.12. The van der Waals surface area contributed by atoms with Gasteiger partial charge in [0, 0.05) is 5.56 Å². The summed E-state index contributed by atoms with van der Waals surface area (Å²) in [5, 5.41) is 3.68. The lowest BCUT2D eigenvalue weighted by atomic mass is 10.2. The Morgan fingerprint density at radius 2 is 1.81 bits per heavy atom. The molecule has 7 heteroatoms. The third-order valence-electron chi connectivity index (χ3n) is 2.64. The van der Waals surface area contributed by atoms with Gasteiger partial charge in [-0.05, 0) is 36.4 Å². The fourth-order valence-corrected chi connectivity index (χ4v) is 2.40. The Labute approximate surface area is 122 Å². The largest absolute Gasteiger partial charge is 0.496 e. The van der Waals surface area contributed by atoms with E-state index in [-0.39, 0.29) is 4.90 Å². The van der Waals surface area contributed by atoms with Gasteiger partial charge in [0.15, 0.2) is 0 Å². The Balaban J connectivity index is 2.14. The standard InChI is InChI=1S/C14H13FN2O3S/c1-20-14-5-3-2-4-11(14)10-16-17-21(18,19)13-8-6-12(15)7-9-13/h2-10,17H,1H3/b16-10+. The Bertz CT molecular complexity index is 743. The van der Waals surface area contributed by atoms with Crippen molar-refractivity contribution in [3.05, 3.63) is 59.9 Å². The molecule has 0 fully saturated rings. The number of hydrogen-bond donors (Lipinski definition) is 1. The van der Waals surface area contributed by atoms with E-state index in [1.54, 1.807) is 24.3 Å². The van der Waals surface area contributed by atoms with E-state index >= 15 is 0 Å². The maximum atomic E-state index is 12.8. The van der Waals surface area contributed by atoms with Gasteiger partial charge in [0.1, 0.15) is 11.6 Å². The molecule has 2 aromatic carbocycles. The van der Waals surface area contributed by atoms with Crippen molar-refractivity contribution >= 4 is 16.2 Å². The molecule has 0 saturated heterocycles. The molecule has 0 unspecified atom stereocenters. The molecule has 0 amide bonds. The van der Waals surface area contributed by atoms with E-state index < -0.39 is 15.8 Å². The molecule has 110 valence electrons. The molecular weight excluding hydrogens is 295 g/mol. The summed E-state index contributed by atoms with van der Waals surface area (Å²) in [6.45, 7) is 0. The SMILES string of the molecule is COc1ccccc1/C=N/NS(=O)(=O)c1ccc(F)cc1. The number of methoxy groups -OCH3 is 1. The number of hydrogen-bond acceptors (Lipinski definition) is 4. The van der Waals surface area contributed by atoms with Crippen LogP contribution in [-0.4, -0.2) is 21.7 Å². The fraction of sp³-hybridized carbons (Fsp3) is 0.0714. The minimum Gasteiger partial charge on any atom is -0.496 e. The van der Waals surface area contributed by atoms with Crippen LogP contribution in [-0.2, 0) is 10.0 Å². The molecule has 2 rings (SSSR count). The molecule has 21 heavy (non-hydrogen) atoms. The summed E-state index contributed by atoms with van der Waals surface area (Å²) in [6, 6.07) is 11.5. The van der Waals surface area contributed by atoms with Crippen LogP contribution in [0.5, 0.6) is 5.75 Å². The van der Waals surface area contributed by atoms with Gasteiger partial charge in [-0.15, -0.1) is 0 Å². The minimum atomic E-state index is -3.82. The fourth-order valence-electron chi connectivity index (χ4n) is 1.60. The van der Waals surface area contributed by atoms with Crippen LogP contribution in [0.4, 0.5) is 4.39 Å². The van der Waals surface area contributed by atoms with E-state index in [0.29, 0.717) is 11.3 Å². The van der Waals surface area contributed by atoms with Crippen LogP contribution < -0.4 is 9.57 Å². The number of rotatable bonds is 5. The zero-order valence-electron chi connectivity index (χ0n) is 11.2. The number of nitrogens with zero attached hydrogens (tertiary/aromatic N) is 1. The zero-order valence-corrected chi connectivity index (χ0v) is 12.0. The van der Waals surface area contributed by atoms with Gasteiger partial charge in [0.05, 0.1) is 18.2 Å². The van der Waals surface area contributed by atoms with Crippen molar-refractivity contribution in [2.45, 2.75) is 4.90 Å². The first kappa shape index (κ1) is 15.0. The molecule has 0 aliphatic carbocycles. The van der Waals surface area contributed by atoms with Crippen molar-refractivity contribution in [2.24, 2.45) is 5.10 Å². The molecule has 0 aromatic heterocycles. The van der Waals surface area contributed by atoms with E-state index in [1.165, 1.54) is 13.3 Å².